The summed E-state index contributed by atoms with van der Waals surface area (Å²) in [6.45, 7) is 0.258. The Hall–Kier alpha value is -3.28. The Bertz CT molecular complexity index is 945. The first-order valence-corrected chi connectivity index (χ1v) is 7.32. The molecule has 122 valence electrons. The SMILES string of the molecule is COc1ccc(CNC(=O)c2c(N)oc3ccccc3c2=O)cc1. The molecule has 0 aliphatic carbocycles. The maximum absolute atomic E-state index is 12.5. The lowest BCUT2D eigenvalue weighted by molar-refractivity contribution is 0.0949. The van der Waals surface area contributed by atoms with Crippen molar-refractivity contribution < 1.29 is 13.9 Å². The molecule has 1 amide bonds. The number of para-hydroxylation sites is 1. The lowest BCUT2D eigenvalue weighted by atomic mass is 10.1. The van der Waals surface area contributed by atoms with E-state index < -0.39 is 11.3 Å². The molecule has 3 rings (SSSR count). The molecule has 3 aromatic rings. The van der Waals surface area contributed by atoms with Crippen LogP contribution in [0.4, 0.5) is 5.88 Å². The first-order chi connectivity index (χ1) is 11.6. The molecule has 0 aliphatic heterocycles. The number of nitrogens with two attached hydrogens (primary N) is 1. The number of carbonyl (C=O) groups excluding carboxylic acids is 1. The number of fused-ring (bicyclic) bond motifs is 1. The molecule has 0 saturated carbocycles. The third kappa shape index (κ3) is 2.94. The topological polar surface area (TPSA) is 94.6 Å². The zero-order chi connectivity index (χ0) is 17.1. The smallest absolute Gasteiger partial charge is 0.261 e. The number of methoxy groups -OCH3 is 1. The second-order valence-corrected chi connectivity index (χ2v) is 5.20. The summed E-state index contributed by atoms with van der Waals surface area (Å²) in [5, 5.41) is 3.00. The maximum Gasteiger partial charge on any atom is 0.261 e. The summed E-state index contributed by atoms with van der Waals surface area (Å²) in [6, 6.07) is 13.9. The standard InChI is InChI=1S/C18H16N2O4/c1-23-12-8-6-11(7-9-12)10-20-18(22)15-16(21)13-4-2-3-5-14(13)24-17(15)19/h2-9H,10,19H2,1H3,(H,20,22). The molecular formula is C18H16N2O4. The Morgan fingerprint density at radius 3 is 2.58 bits per heavy atom. The highest BCUT2D eigenvalue weighted by Gasteiger charge is 2.18. The Balaban J connectivity index is 1.84. The van der Waals surface area contributed by atoms with Crippen molar-refractivity contribution in [2.45, 2.75) is 6.54 Å². The molecule has 0 fully saturated rings. The second kappa shape index (κ2) is 6.45. The van der Waals surface area contributed by atoms with Crippen molar-refractivity contribution in [3.05, 3.63) is 69.9 Å². The minimum Gasteiger partial charge on any atom is -0.497 e. The van der Waals surface area contributed by atoms with E-state index in [-0.39, 0.29) is 18.0 Å². The van der Waals surface area contributed by atoms with Crippen LogP contribution < -0.4 is 21.2 Å². The first kappa shape index (κ1) is 15.6. The van der Waals surface area contributed by atoms with Crippen LogP contribution in [-0.2, 0) is 6.54 Å². The van der Waals surface area contributed by atoms with Gasteiger partial charge in [0.2, 0.25) is 11.3 Å². The van der Waals surface area contributed by atoms with Crippen LogP contribution in [0, 0.1) is 0 Å². The van der Waals surface area contributed by atoms with Gasteiger partial charge in [-0.2, -0.15) is 0 Å². The molecule has 1 heterocycles. The molecule has 24 heavy (non-hydrogen) atoms. The zero-order valence-electron chi connectivity index (χ0n) is 13.0. The van der Waals surface area contributed by atoms with Gasteiger partial charge in [0, 0.05) is 6.54 Å². The van der Waals surface area contributed by atoms with Crippen LogP contribution in [0.15, 0.2) is 57.7 Å². The third-order valence-corrected chi connectivity index (χ3v) is 3.66. The van der Waals surface area contributed by atoms with Gasteiger partial charge >= 0.3 is 0 Å². The quantitative estimate of drug-likeness (QED) is 0.768. The summed E-state index contributed by atoms with van der Waals surface area (Å²) in [5.74, 6) is -0.0294. The summed E-state index contributed by atoms with van der Waals surface area (Å²) < 4.78 is 10.5. The largest absolute Gasteiger partial charge is 0.497 e. The molecule has 1 aromatic heterocycles. The molecule has 0 aliphatic rings. The number of hydrogen-bond donors (Lipinski definition) is 2. The van der Waals surface area contributed by atoms with Crippen LogP contribution in [0.3, 0.4) is 0 Å². The van der Waals surface area contributed by atoms with Crippen molar-refractivity contribution in [3.8, 4) is 5.75 Å². The van der Waals surface area contributed by atoms with Crippen LogP contribution in [0.1, 0.15) is 15.9 Å². The Labute approximate surface area is 137 Å². The number of benzene rings is 2. The number of carbonyl (C=O) groups is 1. The van der Waals surface area contributed by atoms with E-state index in [1.807, 2.05) is 12.1 Å². The van der Waals surface area contributed by atoms with Crippen molar-refractivity contribution in [2.24, 2.45) is 0 Å². The van der Waals surface area contributed by atoms with E-state index in [0.717, 1.165) is 11.3 Å². The highest BCUT2D eigenvalue weighted by Crippen LogP contribution is 2.17. The predicted molar refractivity (Wildman–Crippen MR) is 91.1 cm³/mol. The van der Waals surface area contributed by atoms with Gasteiger partial charge in [-0.3, -0.25) is 9.59 Å². The number of anilines is 1. The Morgan fingerprint density at radius 1 is 1.17 bits per heavy atom. The summed E-state index contributed by atoms with van der Waals surface area (Å²) in [7, 11) is 1.58. The van der Waals surface area contributed by atoms with Crippen molar-refractivity contribution in [1.82, 2.24) is 5.32 Å². The molecule has 6 nitrogen and oxygen atoms in total. The number of hydrogen-bond acceptors (Lipinski definition) is 5. The number of nitrogens with one attached hydrogen (secondary N) is 1. The van der Waals surface area contributed by atoms with E-state index in [1.165, 1.54) is 0 Å². The molecule has 2 aromatic carbocycles. The van der Waals surface area contributed by atoms with Crippen LogP contribution in [0.5, 0.6) is 5.75 Å². The van der Waals surface area contributed by atoms with E-state index in [0.29, 0.717) is 11.0 Å². The van der Waals surface area contributed by atoms with E-state index in [1.54, 1.807) is 43.5 Å². The molecule has 0 saturated heterocycles. The number of amides is 1. The fraction of sp³-hybridized carbons (Fsp3) is 0.111. The Kier molecular flexibility index (Phi) is 4.20. The molecule has 0 spiro atoms. The average molecular weight is 324 g/mol. The fourth-order valence-electron chi connectivity index (χ4n) is 2.39. The van der Waals surface area contributed by atoms with Crippen molar-refractivity contribution in [3.63, 3.8) is 0 Å². The van der Waals surface area contributed by atoms with Gasteiger partial charge in [-0.15, -0.1) is 0 Å². The molecular weight excluding hydrogens is 308 g/mol. The van der Waals surface area contributed by atoms with E-state index in [4.69, 9.17) is 14.9 Å². The maximum atomic E-state index is 12.5. The van der Waals surface area contributed by atoms with Crippen molar-refractivity contribution in [2.75, 3.05) is 12.8 Å². The van der Waals surface area contributed by atoms with E-state index in [2.05, 4.69) is 5.32 Å². The fourth-order valence-corrected chi connectivity index (χ4v) is 2.39. The van der Waals surface area contributed by atoms with Gasteiger partial charge in [-0.1, -0.05) is 24.3 Å². The van der Waals surface area contributed by atoms with Gasteiger partial charge in [0.05, 0.1) is 12.5 Å². The Morgan fingerprint density at radius 2 is 1.88 bits per heavy atom. The molecule has 0 atom stereocenters. The summed E-state index contributed by atoms with van der Waals surface area (Å²) >= 11 is 0. The van der Waals surface area contributed by atoms with Gasteiger partial charge in [-0.25, -0.2) is 0 Å². The number of nitrogen functional groups attached to an aromatic ring is 1. The lowest BCUT2D eigenvalue weighted by Gasteiger charge is -2.08. The van der Waals surface area contributed by atoms with Gasteiger partial charge in [0.1, 0.15) is 16.9 Å². The minimum absolute atomic E-state index is 0.179. The lowest BCUT2D eigenvalue weighted by Crippen LogP contribution is -2.29. The molecule has 0 radical (unpaired) electrons. The number of ether oxygens (including phenoxy) is 1. The minimum atomic E-state index is -0.567. The van der Waals surface area contributed by atoms with Gasteiger partial charge in [-0.05, 0) is 29.8 Å². The highest BCUT2D eigenvalue weighted by molar-refractivity contribution is 6.00. The summed E-state index contributed by atoms with van der Waals surface area (Å²) in [6.07, 6.45) is 0. The zero-order valence-corrected chi connectivity index (χ0v) is 13.0. The normalized spacial score (nSPS) is 10.5. The van der Waals surface area contributed by atoms with Crippen LogP contribution in [0.25, 0.3) is 11.0 Å². The van der Waals surface area contributed by atoms with E-state index >= 15 is 0 Å². The van der Waals surface area contributed by atoms with Gasteiger partial charge < -0.3 is 20.2 Å². The summed E-state index contributed by atoms with van der Waals surface area (Å²) in [4.78, 5) is 24.8. The molecule has 0 bridgehead atoms. The average Bonchev–Trinajstić information content (AvgIpc) is 2.60. The molecule has 3 N–H and O–H groups in total. The van der Waals surface area contributed by atoms with E-state index in [9.17, 15) is 9.59 Å². The van der Waals surface area contributed by atoms with Crippen LogP contribution in [0.2, 0.25) is 0 Å². The van der Waals surface area contributed by atoms with Crippen LogP contribution >= 0.6 is 0 Å². The van der Waals surface area contributed by atoms with Crippen molar-refractivity contribution in [1.29, 1.82) is 0 Å². The second-order valence-electron chi connectivity index (χ2n) is 5.20. The highest BCUT2D eigenvalue weighted by atomic mass is 16.5. The molecule has 6 heteroatoms. The number of rotatable bonds is 4. The van der Waals surface area contributed by atoms with Gasteiger partial charge in [0.15, 0.2) is 0 Å². The van der Waals surface area contributed by atoms with Gasteiger partial charge in [0.25, 0.3) is 5.91 Å². The van der Waals surface area contributed by atoms with Crippen LogP contribution in [-0.4, -0.2) is 13.0 Å². The van der Waals surface area contributed by atoms with Crippen molar-refractivity contribution >= 4 is 22.8 Å². The third-order valence-electron chi connectivity index (χ3n) is 3.66. The summed E-state index contributed by atoms with van der Waals surface area (Å²) in [5.41, 5.74) is 6.35. The predicted octanol–water partition coefficient (Wildman–Crippen LogP) is 2.31. The molecule has 0 unspecified atom stereocenters. The monoisotopic (exact) mass is 324 g/mol. The first-order valence-electron chi connectivity index (χ1n) is 7.32.